The van der Waals surface area contributed by atoms with Crippen LogP contribution < -0.4 is 4.74 Å². The first-order valence-electron chi connectivity index (χ1n) is 7.80. The lowest BCUT2D eigenvalue weighted by atomic mass is 9.65. The van der Waals surface area contributed by atoms with Crippen molar-refractivity contribution < 1.29 is 9.84 Å². The highest BCUT2D eigenvalue weighted by atomic mass is 16.5. The van der Waals surface area contributed by atoms with Gasteiger partial charge in [-0.25, -0.2) is 0 Å². The zero-order chi connectivity index (χ0) is 14.8. The van der Waals surface area contributed by atoms with Crippen LogP contribution in [0.3, 0.4) is 0 Å². The van der Waals surface area contributed by atoms with Gasteiger partial charge < -0.3 is 9.84 Å². The van der Waals surface area contributed by atoms with E-state index in [-0.39, 0.29) is 0 Å². The van der Waals surface area contributed by atoms with Crippen LogP contribution in [0.15, 0.2) is 24.3 Å². The fourth-order valence-electron chi connectivity index (χ4n) is 3.88. The third-order valence-electron chi connectivity index (χ3n) is 4.81. The summed E-state index contributed by atoms with van der Waals surface area (Å²) >= 11 is 0. The number of methoxy groups -OCH3 is 1. The van der Waals surface area contributed by atoms with Gasteiger partial charge >= 0.3 is 0 Å². The molecule has 0 aromatic heterocycles. The van der Waals surface area contributed by atoms with Gasteiger partial charge in [-0.15, -0.1) is 0 Å². The summed E-state index contributed by atoms with van der Waals surface area (Å²) in [6, 6.07) is 8.11. The molecule has 3 atom stereocenters. The summed E-state index contributed by atoms with van der Waals surface area (Å²) in [6.07, 6.45) is 4.02. The third-order valence-corrected chi connectivity index (χ3v) is 4.81. The standard InChI is InChI=1S/C18H28O2/c1-13(2)17-9-8-14(3)11-18(17,19)12-15-6-5-7-16(10-15)20-4/h5-7,10,13-14,17,19H,8-9,11-12H2,1-4H3. The summed E-state index contributed by atoms with van der Waals surface area (Å²) in [5.41, 5.74) is 0.602. The Hall–Kier alpha value is -1.02. The van der Waals surface area contributed by atoms with Gasteiger partial charge in [0.15, 0.2) is 0 Å². The van der Waals surface area contributed by atoms with Crippen LogP contribution in [0.4, 0.5) is 0 Å². The molecule has 1 saturated carbocycles. The molecule has 0 saturated heterocycles. The van der Waals surface area contributed by atoms with Crippen molar-refractivity contribution in [2.24, 2.45) is 17.8 Å². The minimum atomic E-state index is -0.571. The fourth-order valence-corrected chi connectivity index (χ4v) is 3.88. The average Bonchev–Trinajstić information content (AvgIpc) is 2.37. The Balaban J connectivity index is 2.21. The van der Waals surface area contributed by atoms with Crippen molar-refractivity contribution in [2.45, 2.75) is 52.1 Å². The van der Waals surface area contributed by atoms with Gasteiger partial charge in [-0.1, -0.05) is 39.3 Å². The number of aliphatic hydroxyl groups is 1. The van der Waals surface area contributed by atoms with Crippen LogP contribution in [0.5, 0.6) is 5.75 Å². The van der Waals surface area contributed by atoms with Gasteiger partial charge in [-0.3, -0.25) is 0 Å². The van der Waals surface area contributed by atoms with Crippen molar-refractivity contribution in [2.75, 3.05) is 7.11 Å². The van der Waals surface area contributed by atoms with Crippen LogP contribution in [0, 0.1) is 17.8 Å². The van der Waals surface area contributed by atoms with Gasteiger partial charge in [-0.05, 0) is 48.3 Å². The van der Waals surface area contributed by atoms with Crippen LogP contribution >= 0.6 is 0 Å². The topological polar surface area (TPSA) is 29.5 Å². The molecule has 20 heavy (non-hydrogen) atoms. The van der Waals surface area contributed by atoms with Gasteiger partial charge in [-0.2, -0.15) is 0 Å². The molecule has 0 amide bonds. The number of ether oxygens (including phenoxy) is 1. The van der Waals surface area contributed by atoms with Crippen LogP contribution in [-0.4, -0.2) is 17.8 Å². The number of hydrogen-bond donors (Lipinski definition) is 1. The van der Waals surface area contributed by atoms with E-state index in [1.54, 1.807) is 7.11 Å². The van der Waals surface area contributed by atoms with Gasteiger partial charge in [0.1, 0.15) is 5.75 Å². The van der Waals surface area contributed by atoms with Crippen LogP contribution in [0.25, 0.3) is 0 Å². The van der Waals surface area contributed by atoms with Crippen LogP contribution in [-0.2, 0) is 6.42 Å². The molecule has 2 heteroatoms. The van der Waals surface area contributed by atoms with Gasteiger partial charge in [0.25, 0.3) is 0 Å². The maximum atomic E-state index is 11.2. The lowest BCUT2D eigenvalue weighted by Gasteiger charge is -2.45. The number of hydrogen-bond acceptors (Lipinski definition) is 2. The molecule has 1 fully saturated rings. The Morgan fingerprint density at radius 2 is 2.10 bits per heavy atom. The third kappa shape index (κ3) is 3.35. The van der Waals surface area contributed by atoms with Crippen LogP contribution in [0.1, 0.15) is 45.6 Å². The maximum absolute atomic E-state index is 11.2. The summed E-state index contributed by atoms with van der Waals surface area (Å²) in [5.74, 6) is 2.40. The second-order valence-corrected chi connectivity index (χ2v) is 6.87. The minimum absolute atomic E-state index is 0.393. The highest BCUT2D eigenvalue weighted by molar-refractivity contribution is 5.29. The smallest absolute Gasteiger partial charge is 0.119 e. The summed E-state index contributed by atoms with van der Waals surface area (Å²) in [7, 11) is 1.69. The van der Waals surface area contributed by atoms with E-state index in [0.717, 1.165) is 25.0 Å². The zero-order valence-corrected chi connectivity index (χ0v) is 13.2. The average molecular weight is 276 g/mol. The Bertz CT molecular complexity index is 441. The van der Waals surface area contributed by atoms with Crippen molar-refractivity contribution in [1.82, 2.24) is 0 Å². The number of benzene rings is 1. The molecular formula is C18H28O2. The number of rotatable bonds is 4. The van der Waals surface area contributed by atoms with E-state index >= 15 is 0 Å². The van der Waals surface area contributed by atoms with E-state index in [4.69, 9.17) is 4.74 Å². The van der Waals surface area contributed by atoms with E-state index < -0.39 is 5.60 Å². The van der Waals surface area contributed by atoms with Crippen molar-refractivity contribution in [3.63, 3.8) is 0 Å². The molecule has 0 heterocycles. The molecule has 1 aromatic rings. The van der Waals surface area contributed by atoms with Crippen molar-refractivity contribution >= 4 is 0 Å². The summed E-state index contributed by atoms with van der Waals surface area (Å²) in [5, 5.41) is 11.2. The lowest BCUT2D eigenvalue weighted by Crippen LogP contribution is -2.47. The van der Waals surface area contributed by atoms with Crippen LogP contribution in [0.2, 0.25) is 0 Å². The highest BCUT2D eigenvalue weighted by Gasteiger charge is 2.42. The fraction of sp³-hybridized carbons (Fsp3) is 0.667. The first-order chi connectivity index (χ1) is 9.44. The molecule has 112 valence electrons. The predicted molar refractivity (Wildman–Crippen MR) is 83.0 cm³/mol. The van der Waals surface area contributed by atoms with Gasteiger partial charge in [0.05, 0.1) is 12.7 Å². The molecule has 0 aliphatic heterocycles. The second kappa shape index (κ2) is 6.17. The molecule has 0 spiro atoms. The van der Waals surface area contributed by atoms with Crippen molar-refractivity contribution in [3.05, 3.63) is 29.8 Å². The van der Waals surface area contributed by atoms with E-state index in [1.165, 1.54) is 12.0 Å². The van der Waals surface area contributed by atoms with E-state index in [9.17, 15) is 5.11 Å². The minimum Gasteiger partial charge on any atom is -0.497 e. The zero-order valence-electron chi connectivity index (χ0n) is 13.2. The molecule has 1 aromatic carbocycles. The van der Waals surface area contributed by atoms with E-state index in [2.05, 4.69) is 32.9 Å². The largest absolute Gasteiger partial charge is 0.497 e. The first kappa shape index (κ1) is 15.4. The van der Waals surface area contributed by atoms with Gasteiger partial charge in [0, 0.05) is 6.42 Å². The van der Waals surface area contributed by atoms with Crippen molar-refractivity contribution in [3.8, 4) is 5.75 Å². The Morgan fingerprint density at radius 3 is 2.75 bits per heavy atom. The molecular weight excluding hydrogens is 248 g/mol. The molecule has 1 aliphatic carbocycles. The molecule has 0 bridgehead atoms. The first-order valence-corrected chi connectivity index (χ1v) is 7.80. The van der Waals surface area contributed by atoms with Gasteiger partial charge in [0.2, 0.25) is 0 Å². The van der Waals surface area contributed by atoms with E-state index in [0.29, 0.717) is 17.8 Å². The monoisotopic (exact) mass is 276 g/mol. The summed E-state index contributed by atoms with van der Waals surface area (Å²) < 4.78 is 5.29. The Labute approximate surface area is 123 Å². The normalized spacial score (nSPS) is 30.5. The second-order valence-electron chi connectivity index (χ2n) is 6.87. The molecule has 2 rings (SSSR count). The molecule has 0 radical (unpaired) electrons. The Kier molecular flexibility index (Phi) is 4.74. The quantitative estimate of drug-likeness (QED) is 0.898. The molecule has 1 aliphatic rings. The molecule has 1 N–H and O–H groups in total. The summed E-state index contributed by atoms with van der Waals surface area (Å²) in [6.45, 7) is 6.72. The maximum Gasteiger partial charge on any atom is 0.119 e. The molecule has 2 nitrogen and oxygen atoms in total. The highest BCUT2D eigenvalue weighted by Crippen LogP contribution is 2.43. The molecule has 3 unspecified atom stereocenters. The summed E-state index contributed by atoms with van der Waals surface area (Å²) in [4.78, 5) is 0. The SMILES string of the molecule is COc1cccc(CC2(O)CC(C)CCC2C(C)C)c1. The Morgan fingerprint density at radius 1 is 1.35 bits per heavy atom. The predicted octanol–water partition coefficient (Wildman–Crippen LogP) is 4.06. The lowest BCUT2D eigenvalue weighted by molar-refractivity contribution is -0.0795. The van der Waals surface area contributed by atoms with Crippen molar-refractivity contribution in [1.29, 1.82) is 0 Å². The van der Waals surface area contributed by atoms with E-state index in [1.807, 2.05) is 12.1 Å².